The van der Waals surface area contributed by atoms with Gasteiger partial charge in [0.25, 0.3) is 0 Å². The number of aromatic nitrogens is 3. The monoisotopic (exact) mass is 450 g/mol. The van der Waals surface area contributed by atoms with Crippen molar-refractivity contribution >= 4 is 34.0 Å². The highest BCUT2D eigenvalue weighted by Crippen LogP contribution is 2.41. The number of halogens is 3. The molecule has 0 saturated heterocycles. The van der Waals surface area contributed by atoms with E-state index in [9.17, 15) is 22.8 Å². The van der Waals surface area contributed by atoms with E-state index in [0.29, 0.717) is 33.4 Å². The van der Waals surface area contributed by atoms with E-state index >= 15 is 0 Å². The van der Waals surface area contributed by atoms with E-state index < -0.39 is 23.8 Å². The van der Waals surface area contributed by atoms with Gasteiger partial charge in [0, 0.05) is 40.3 Å². The molecule has 2 aromatic heterocycles. The van der Waals surface area contributed by atoms with E-state index in [-0.39, 0.29) is 16.8 Å². The summed E-state index contributed by atoms with van der Waals surface area (Å²) in [5.41, 5.74) is 2.85. The summed E-state index contributed by atoms with van der Waals surface area (Å²) in [6.45, 7) is 0. The van der Waals surface area contributed by atoms with Crippen LogP contribution in [0.25, 0.3) is 22.0 Å². The largest absolute Gasteiger partial charge is 0.465 e. The van der Waals surface area contributed by atoms with Gasteiger partial charge in [-0.2, -0.15) is 13.2 Å². The van der Waals surface area contributed by atoms with Crippen LogP contribution in [0, 0.1) is 0 Å². The number of alkyl halides is 3. The number of methoxy groups -OCH3 is 1. The molecule has 2 aromatic carbocycles. The van der Waals surface area contributed by atoms with Gasteiger partial charge in [-0.25, -0.2) is 14.8 Å². The van der Waals surface area contributed by atoms with Gasteiger partial charge in [0.1, 0.15) is 5.69 Å². The van der Waals surface area contributed by atoms with Crippen LogP contribution in [-0.2, 0) is 10.9 Å². The number of fused-ring (bicyclic) bond motifs is 5. The van der Waals surface area contributed by atoms with Gasteiger partial charge in [0.2, 0.25) is 11.6 Å². The Labute approximate surface area is 184 Å². The van der Waals surface area contributed by atoms with Crippen molar-refractivity contribution < 1.29 is 27.5 Å². The zero-order chi connectivity index (χ0) is 23.3. The molecule has 0 atom stereocenters. The molecule has 33 heavy (non-hydrogen) atoms. The number of rotatable bonds is 3. The van der Waals surface area contributed by atoms with E-state index in [1.54, 1.807) is 42.5 Å². The van der Waals surface area contributed by atoms with Gasteiger partial charge in [-0.05, 0) is 42.5 Å². The first kappa shape index (κ1) is 20.6. The molecular weight excluding hydrogens is 437 g/mol. The highest BCUT2D eigenvalue weighted by Gasteiger charge is 2.38. The van der Waals surface area contributed by atoms with Gasteiger partial charge in [-0.15, -0.1) is 0 Å². The number of ether oxygens (including phenoxy) is 1. The number of ketones is 1. The minimum atomic E-state index is -4.76. The molecule has 0 fully saturated rings. The van der Waals surface area contributed by atoms with Crippen molar-refractivity contribution in [3.63, 3.8) is 0 Å². The second-order valence-electron chi connectivity index (χ2n) is 7.26. The summed E-state index contributed by atoms with van der Waals surface area (Å²) in [6.07, 6.45) is -2.39. The number of anilines is 2. The minimum Gasteiger partial charge on any atom is -0.465 e. The number of nitrogens with one attached hydrogen (secondary N) is 1. The zero-order valence-electron chi connectivity index (χ0n) is 16.9. The number of esters is 1. The Morgan fingerprint density at radius 2 is 1.67 bits per heavy atom. The predicted molar refractivity (Wildman–Crippen MR) is 112 cm³/mol. The summed E-state index contributed by atoms with van der Waals surface area (Å²) in [5, 5.41) is 3.76. The highest BCUT2D eigenvalue weighted by molar-refractivity contribution is 6.24. The lowest BCUT2D eigenvalue weighted by molar-refractivity contribution is -0.145. The molecule has 1 aliphatic carbocycles. The smallest absolute Gasteiger partial charge is 0.451 e. The van der Waals surface area contributed by atoms with Crippen LogP contribution in [0.5, 0.6) is 0 Å². The average molecular weight is 450 g/mol. The fourth-order valence-corrected chi connectivity index (χ4v) is 3.71. The van der Waals surface area contributed by atoms with Gasteiger partial charge >= 0.3 is 12.1 Å². The van der Waals surface area contributed by atoms with Crippen LogP contribution in [0.2, 0.25) is 0 Å². The molecule has 5 rings (SSSR count). The van der Waals surface area contributed by atoms with Crippen LogP contribution in [0.1, 0.15) is 32.2 Å². The lowest BCUT2D eigenvalue weighted by Crippen LogP contribution is -2.13. The maximum atomic E-state index is 13.0. The molecule has 4 aromatic rings. The van der Waals surface area contributed by atoms with Gasteiger partial charge in [-0.3, -0.25) is 9.78 Å². The van der Waals surface area contributed by atoms with Crippen LogP contribution in [0.3, 0.4) is 0 Å². The molecule has 0 saturated carbocycles. The van der Waals surface area contributed by atoms with Crippen molar-refractivity contribution in [2.24, 2.45) is 0 Å². The first-order valence-corrected chi connectivity index (χ1v) is 9.64. The number of carbonyl (C=O) groups is 2. The summed E-state index contributed by atoms with van der Waals surface area (Å²) >= 11 is 0. The van der Waals surface area contributed by atoms with Gasteiger partial charge in [-0.1, -0.05) is 0 Å². The Morgan fingerprint density at radius 3 is 2.36 bits per heavy atom. The third-order valence-corrected chi connectivity index (χ3v) is 5.23. The first-order chi connectivity index (χ1) is 15.8. The van der Waals surface area contributed by atoms with E-state index in [1.165, 1.54) is 13.3 Å². The molecule has 0 spiro atoms. The fourth-order valence-electron chi connectivity index (χ4n) is 3.71. The Balaban J connectivity index is 1.57. The maximum absolute atomic E-state index is 13.0. The minimum absolute atomic E-state index is 0.172. The van der Waals surface area contributed by atoms with Crippen molar-refractivity contribution in [3.8, 4) is 11.1 Å². The number of carbonyl (C=O) groups excluding carboxylic acids is 2. The van der Waals surface area contributed by atoms with Crippen molar-refractivity contribution in [1.29, 1.82) is 0 Å². The van der Waals surface area contributed by atoms with Crippen molar-refractivity contribution in [3.05, 3.63) is 77.5 Å². The van der Waals surface area contributed by atoms with Crippen molar-refractivity contribution in [2.75, 3.05) is 12.4 Å². The molecule has 0 radical (unpaired) electrons. The molecule has 2 heterocycles. The van der Waals surface area contributed by atoms with Crippen molar-refractivity contribution in [2.45, 2.75) is 6.18 Å². The highest BCUT2D eigenvalue weighted by atomic mass is 19.4. The lowest BCUT2D eigenvalue weighted by atomic mass is 10.0. The number of hydrogen-bond acceptors (Lipinski definition) is 7. The Hall–Kier alpha value is -4.34. The molecule has 0 bridgehead atoms. The van der Waals surface area contributed by atoms with Crippen LogP contribution in [0.4, 0.5) is 24.5 Å². The Morgan fingerprint density at radius 1 is 0.970 bits per heavy atom. The van der Waals surface area contributed by atoms with Crippen LogP contribution in [-0.4, -0.2) is 33.8 Å². The van der Waals surface area contributed by atoms with Crippen LogP contribution in [0.15, 0.2) is 54.9 Å². The summed E-state index contributed by atoms with van der Waals surface area (Å²) in [7, 11) is 1.30. The normalized spacial score (nSPS) is 12.4. The molecule has 1 N–H and O–H groups in total. The Kier molecular flexibility index (Phi) is 4.59. The Bertz CT molecular complexity index is 1450. The average Bonchev–Trinajstić information content (AvgIpc) is 3.10. The molecule has 164 valence electrons. The van der Waals surface area contributed by atoms with E-state index in [4.69, 9.17) is 0 Å². The quantitative estimate of drug-likeness (QED) is 0.395. The third-order valence-electron chi connectivity index (χ3n) is 5.23. The SMILES string of the molecule is COC(=O)c1ccc(Nc2ccc3ncc4c(c3c2)-c2cnc(C(F)(F)F)nc2C4=O)cc1. The van der Waals surface area contributed by atoms with Gasteiger partial charge in [0.15, 0.2) is 0 Å². The zero-order valence-corrected chi connectivity index (χ0v) is 16.9. The number of benzene rings is 2. The molecule has 0 unspecified atom stereocenters. The van der Waals surface area contributed by atoms with Crippen molar-refractivity contribution in [1.82, 2.24) is 15.0 Å². The second kappa shape index (κ2) is 7.37. The van der Waals surface area contributed by atoms with E-state index in [1.807, 2.05) is 0 Å². The molecule has 1 aliphatic rings. The van der Waals surface area contributed by atoms with Gasteiger partial charge in [0.05, 0.1) is 23.8 Å². The van der Waals surface area contributed by atoms with E-state index in [2.05, 4.69) is 25.0 Å². The second-order valence-corrected chi connectivity index (χ2v) is 7.26. The molecular formula is C23H13F3N4O3. The van der Waals surface area contributed by atoms with Crippen LogP contribution < -0.4 is 5.32 Å². The van der Waals surface area contributed by atoms with Crippen LogP contribution >= 0.6 is 0 Å². The van der Waals surface area contributed by atoms with Gasteiger partial charge < -0.3 is 10.1 Å². The number of pyridine rings is 1. The molecule has 10 heteroatoms. The topological polar surface area (TPSA) is 94.1 Å². The van der Waals surface area contributed by atoms with E-state index in [0.717, 1.165) is 6.20 Å². The maximum Gasteiger partial charge on any atom is 0.451 e. The number of nitrogens with zero attached hydrogens (tertiary/aromatic N) is 3. The third kappa shape index (κ3) is 3.45. The molecule has 7 nitrogen and oxygen atoms in total. The summed E-state index contributed by atoms with van der Waals surface area (Å²) < 4.78 is 43.8. The number of hydrogen-bond donors (Lipinski definition) is 1. The fraction of sp³-hybridized carbons (Fsp3) is 0.0870. The lowest BCUT2D eigenvalue weighted by Gasteiger charge is -2.11. The first-order valence-electron chi connectivity index (χ1n) is 9.64. The predicted octanol–water partition coefficient (Wildman–Crippen LogP) is 4.79. The summed E-state index contributed by atoms with van der Waals surface area (Å²) in [4.78, 5) is 35.5. The summed E-state index contributed by atoms with van der Waals surface area (Å²) in [5.74, 6) is -2.44. The molecule has 0 amide bonds. The molecule has 0 aliphatic heterocycles. The summed E-state index contributed by atoms with van der Waals surface area (Å²) in [6, 6.07) is 11.9. The standard InChI is InChI=1S/C23H13F3N4O3/c1-33-21(32)11-2-4-12(5-3-11)29-13-6-7-17-14(8-13)18-15-9-28-22(23(24,25)26)30-19(15)20(31)16(18)10-27-17/h2-10,29H,1H3.